The molecule has 1 aromatic rings. The molecule has 0 spiro atoms. The molecule has 2 heterocycles. The maximum atomic E-state index is 5.14. The Bertz CT molecular complexity index is 321. The van der Waals surface area contributed by atoms with Gasteiger partial charge < -0.3 is 9.64 Å². The summed E-state index contributed by atoms with van der Waals surface area (Å²) in [5.41, 5.74) is 1.06. The van der Waals surface area contributed by atoms with Crippen molar-refractivity contribution < 1.29 is 4.74 Å². The second-order valence-electron chi connectivity index (χ2n) is 3.65. The van der Waals surface area contributed by atoms with Crippen LogP contribution in [0.3, 0.4) is 0 Å². The number of thiol groups is 1. The van der Waals surface area contributed by atoms with Gasteiger partial charge in [0.05, 0.1) is 12.3 Å². The van der Waals surface area contributed by atoms with Crippen LogP contribution in [-0.4, -0.2) is 25.2 Å². The summed E-state index contributed by atoms with van der Waals surface area (Å²) in [6.45, 7) is 2.89. The van der Waals surface area contributed by atoms with Crippen LogP contribution < -0.4 is 4.90 Å². The quantitative estimate of drug-likeness (QED) is 0.823. The van der Waals surface area contributed by atoms with Gasteiger partial charge in [-0.3, -0.25) is 0 Å². The van der Waals surface area contributed by atoms with Gasteiger partial charge in [-0.05, 0) is 12.8 Å². The van der Waals surface area contributed by atoms with Crippen LogP contribution in [0.1, 0.15) is 23.4 Å². The number of aromatic nitrogens is 1. The molecular weight excluding hydrogens is 228 g/mol. The number of methoxy groups -OCH3 is 1. The third-order valence-corrected chi connectivity index (χ3v) is 4.26. The van der Waals surface area contributed by atoms with Gasteiger partial charge in [-0.2, -0.15) is 12.6 Å². The van der Waals surface area contributed by atoms with E-state index in [0.29, 0.717) is 6.61 Å². The van der Waals surface area contributed by atoms with Crippen LogP contribution in [0.25, 0.3) is 0 Å². The Balaban J connectivity index is 2.17. The van der Waals surface area contributed by atoms with Crippen LogP contribution in [0.4, 0.5) is 5.13 Å². The fourth-order valence-corrected chi connectivity index (χ4v) is 3.14. The van der Waals surface area contributed by atoms with Crippen LogP contribution in [0, 0.1) is 0 Å². The summed E-state index contributed by atoms with van der Waals surface area (Å²) < 4.78 is 5.14. The highest BCUT2D eigenvalue weighted by Gasteiger charge is 2.18. The Morgan fingerprint density at radius 2 is 2.20 bits per heavy atom. The van der Waals surface area contributed by atoms with Gasteiger partial charge in [-0.15, -0.1) is 11.3 Å². The first-order chi connectivity index (χ1) is 7.35. The van der Waals surface area contributed by atoms with Crippen molar-refractivity contribution in [1.29, 1.82) is 0 Å². The maximum Gasteiger partial charge on any atom is 0.185 e. The first-order valence-corrected chi connectivity index (χ1v) is 6.63. The smallest absolute Gasteiger partial charge is 0.185 e. The zero-order chi connectivity index (χ0) is 10.7. The monoisotopic (exact) mass is 244 g/mol. The number of rotatable bonds is 4. The van der Waals surface area contributed by atoms with Crippen molar-refractivity contribution in [2.75, 3.05) is 25.1 Å². The van der Waals surface area contributed by atoms with Gasteiger partial charge >= 0.3 is 0 Å². The molecule has 1 aliphatic heterocycles. The first-order valence-electron chi connectivity index (χ1n) is 5.18. The SMILES string of the molecule is COCc1nc(N2CCCC2)sc1CS. The molecule has 0 aromatic carbocycles. The molecule has 0 unspecified atom stereocenters. The van der Waals surface area contributed by atoms with E-state index in [-0.39, 0.29) is 0 Å². The number of nitrogens with zero attached hydrogens (tertiary/aromatic N) is 2. The summed E-state index contributed by atoms with van der Waals surface area (Å²) in [5, 5.41) is 1.14. The van der Waals surface area contributed by atoms with E-state index in [0.717, 1.165) is 29.7 Å². The number of hydrogen-bond acceptors (Lipinski definition) is 5. The lowest BCUT2D eigenvalue weighted by atomic mass is 10.4. The normalized spacial score (nSPS) is 16.3. The van der Waals surface area contributed by atoms with Crippen molar-refractivity contribution in [3.63, 3.8) is 0 Å². The molecule has 1 fully saturated rings. The van der Waals surface area contributed by atoms with Crippen molar-refractivity contribution in [3.8, 4) is 0 Å². The summed E-state index contributed by atoms with van der Waals surface area (Å²) in [4.78, 5) is 8.22. The van der Waals surface area contributed by atoms with Gasteiger partial charge in [0, 0.05) is 30.8 Å². The van der Waals surface area contributed by atoms with Gasteiger partial charge in [0.1, 0.15) is 0 Å². The molecule has 0 atom stereocenters. The second-order valence-corrected chi connectivity index (χ2v) is 5.03. The molecule has 1 aromatic heterocycles. The van der Waals surface area contributed by atoms with Crippen LogP contribution in [0.5, 0.6) is 0 Å². The van der Waals surface area contributed by atoms with Crippen molar-refractivity contribution in [2.24, 2.45) is 0 Å². The minimum absolute atomic E-state index is 0.597. The van der Waals surface area contributed by atoms with Gasteiger partial charge in [0.25, 0.3) is 0 Å². The van der Waals surface area contributed by atoms with Crippen LogP contribution in [0.15, 0.2) is 0 Å². The zero-order valence-corrected chi connectivity index (χ0v) is 10.6. The molecule has 15 heavy (non-hydrogen) atoms. The van der Waals surface area contributed by atoms with Crippen molar-refractivity contribution in [1.82, 2.24) is 4.98 Å². The maximum absolute atomic E-state index is 5.14. The molecule has 3 nitrogen and oxygen atoms in total. The van der Waals surface area contributed by atoms with Gasteiger partial charge in [0.15, 0.2) is 5.13 Å². The average Bonchev–Trinajstić information content (AvgIpc) is 2.84. The van der Waals surface area contributed by atoms with E-state index in [1.54, 1.807) is 18.4 Å². The van der Waals surface area contributed by atoms with Crippen LogP contribution in [0.2, 0.25) is 0 Å². The topological polar surface area (TPSA) is 25.4 Å². The lowest BCUT2D eigenvalue weighted by Gasteiger charge is -2.12. The Morgan fingerprint density at radius 1 is 1.47 bits per heavy atom. The molecule has 0 saturated carbocycles. The average molecular weight is 244 g/mol. The predicted octanol–water partition coefficient (Wildman–Crippen LogP) is 2.32. The van der Waals surface area contributed by atoms with E-state index < -0.39 is 0 Å². The molecular formula is C10H16N2OS2. The highest BCUT2D eigenvalue weighted by molar-refractivity contribution is 7.79. The lowest BCUT2D eigenvalue weighted by Crippen LogP contribution is -2.17. The van der Waals surface area contributed by atoms with E-state index in [9.17, 15) is 0 Å². The summed E-state index contributed by atoms with van der Waals surface area (Å²) in [5.74, 6) is 0.754. The Kier molecular flexibility index (Phi) is 3.88. The third-order valence-electron chi connectivity index (χ3n) is 2.57. The molecule has 0 N–H and O–H groups in total. The fraction of sp³-hybridized carbons (Fsp3) is 0.700. The molecule has 84 valence electrons. The van der Waals surface area contributed by atoms with Gasteiger partial charge in [-0.1, -0.05) is 0 Å². The Labute approximate surface area is 99.9 Å². The van der Waals surface area contributed by atoms with E-state index in [4.69, 9.17) is 4.74 Å². The molecule has 1 aliphatic rings. The fourth-order valence-electron chi connectivity index (χ4n) is 1.79. The van der Waals surface area contributed by atoms with Gasteiger partial charge in [0.2, 0.25) is 0 Å². The summed E-state index contributed by atoms with van der Waals surface area (Å²) in [7, 11) is 1.71. The van der Waals surface area contributed by atoms with Crippen LogP contribution >= 0.6 is 24.0 Å². The molecule has 0 radical (unpaired) electrons. The molecule has 5 heteroatoms. The van der Waals surface area contributed by atoms with Crippen molar-refractivity contribution in [2.45, 2.75) is 25.2 Å². The molecule has 1 saturated heterocycles. The van der Waals surface area contributed by atoms with Crippen molar-refractivity contribution >= 4 is 29.1 Å². The first kappa shape index (κ1) is 11.2. The largest absolute Gasteiger partial charge is 0.378 e. The third kappa shape index (κ3) is 2.46. The van der Waals surface area contributed by atoms with E-state index in [1.165, 1.54) is 17.7 Å². The lowest BCUT2D eigenvalue weighted by molar-refractivity contribution is 0.181. The van der Waals surface area contributed by atoms with E-state index in [1.807, 2.05) is 0 Å². The molecule has 0 amide bonds. The van der Waals surface area contributed by atoms with Crippen LogP contribution in [-0.2, 0) is 17.1 Å². The standard InChI is InChI=1S/C10H16N2OS2/c1-13-6-8-9(7-14)15-10(11-8)12-4-2-3-5-12/h14H,2-7H2,1H3. The molecule has 2 rings (SSSR count). The van der Waals surface area contributed by atoms with E-state index >= 15 is 0 Å². The number of ether oxygens (including phenoxy) is 1. The summed E-state index contributed by atoms with van der Waals surface area (Å²) in [6, 6.07) is 0. The van der Waals surface area contributed by atoms with Crippen molar-refractivity contribution in [3.05, 3.63) is 10.6 Å². The minimum Gasteiger partial charge on any atom is -0.378 e. The highest BCUT2D eigenvalue weighted by Crippen LogP contribution is 2.30. The zero-order valence-electron chi connectivity index (χ0n) is 8.90. The Morgan fingerprint density at radius 3 is 2.80 bits per heavy atom. The molecule has 0 aliphatic carbocycles. The minimum atomic E-state index is 0.597. The predicted molar refractivity (Wildman–Crippen MR) is 67.0 cm³/mol. The molecule has 0 bridgehead atoms. The second kappa shape index (κ2) is 5.18. The number of thiazole rings is 1. The highest BCUT2D eigenvalue weighted by atomic mass is 32.1. The van der Waals surface area contributed by atoms with E-state index in [2.05, 4.69) is 22.5 Å². The summed E-state index contributed by atoms with van der Waals surface area (Å²) in [6.07, 6.45) is 2.57. The number of anilines is 1. The Hall–Kier alpha value is -0.260. The van der Waals surface area contributed by atoms with Gasteiger partial charge in [-0.25, -0.2) is 4.98 Å². The summed E-state index contributed by atoms with van der Waals surface area (Å²) >= 11 is 6.08. The number of hydrogen-bond donors (Lipinski definition) is 1.